The van der Waals surface area contributed by atoms with Gasteiger partial charge in [-0.25, -0.2) is 14.6 Å². The van der Waals surface area contributed by atoms with E-state index in [0.717, 1.165) is 24.1 Å². The van der Waals surface area contributed by atoms with Crippen LogP contribution < -0.4 is 5.32 Å². The third-order valence-corrected chi connectivity index (χ3v) is 6.34. The van der Waals surface area contributed by atoms with Gasteiger partial charge in [-0.05, 0) is 47.5 Å². The lowest BCUT2D eigenvalue weighted by molar-refractivity contribution is 0.0124. The Morgan fingerprint density at radius 2 is 2.19 bits per heavy atom. The fourth-order valence-corrected chi connectivity index (χ4v) is 4.48. The number of nitrogens with one attached hydrogen (secondary N) is 1. The van der Waals surface area contributed by atoms with Gasteiger partial charge in [0.15, 0.2) is 11.5 Å². The lowest BCUT2D eigenvalue weighted by Gasteiger charge is -2.36. The summed E-state index contributed by atoms with van der Waals surface area (Å²) in [5, 5.41) is 17.5. The van der Waals surface area contributed by atoms with Crippen LogP contribution in [-0.4, -0.2) is 56.1 Å². The molecular weight excluding hydrogens is 414 g/mol. The second kappa shape index (κ2) is 6.35. The second-order valence-corrected chi connectivity index (χ2v) is 8.45. The van der Waals surface area contributed by atoms with Crippen molar-refractivity contribution in [2.45, 2.75) is 37.1 Å². The third kappa shape index (κ3) is 2.88. The molecule has 1 aliphatic heterocycles. The number of nitrogens with zero attached hydrogens (tertiary/aromatic N) is 4. The van der Waals surface area contributed by atoms with Crippen LogP contribution in [0.5, 0.6) is 0 Å². The quantitative estimate of drug-likeness (QED) is 0.754. The summed E-state index contributed by atoms with van der Waals surface area (Å²) < 4.78 is 7.81. The van der Waals surface area contributed by atoms with E-state index < -0.39 is 5.54 Å². The van der Waals surface area contributed by atoms with Crippen molar-refractivity contribution in [3.05, 3.63) is 33.9 Å². The Labute approximate surface area is 164 Å². The Morgan fingerprint density at radius 3 is 2.89 bits per heavy atom. The number of aliphatic hydroxyl groups excluding tert-OH is 1. The van der Waals surface area contributed by atoms with Gasteiger partial charge in [-0.2, -0.15) is 5.10 Å². The number of rotatable bonds is 4. The van der Waals surface area contributed by atoms with Gasteiger partial charge in [0.05, 0.1) is 30.2 Å². The lowest BCUT2D eigenvalue weighted by atomic mass is 9.90. The highest BCUT2D eigenvalue weighted by molar-refractivity contribution is 9.10. The van der Waals surface area contributed by atoms with Crippen molar-refractivity contribution in [1.29, 1.82) is 0 Å². The van der Waals surface area contributed by atoms with E-state index in [4.69, 9.17) is 4.74 Å². The summed E-state index contributed by atoms with van der Waals surface area (Å²) in [4.78, 5) is 21.7. The fraction of sp³-hybridized carbons (Fsp3) is 0.556. The van der Waals surface area contributed by atoms with Gasteiger partial charge >= 0.3 is 0 Å². The van der Waals surface area contributed by atoms with Crippen LogP contribution in [-0.2, 0) is 11.2 Å². The Kier molecular flexibility index (Phi) is 4.06. The van der Waals surface area contributed by atoms with Crippen molar-refractivity contribution in [2.24, 2.45) is 5.92 Å². The number of ether oxygens (including phenoxy) is 1. The van der Waals surface area contributed by atoms with Crippen LogP contribution >= 0.6 is 15.9 Å². The normalized spacial score (nSPS) is 25.0. The van der Waals surface area contributed by atoms with Crippen LogP contribution in [0.15, 0.2) is 17.0 Å². The molecule has 8 nitrogen and oxygen atoms in total. The van der Waals surface area contributed by atoms with Crippen molar-refractivity contribution < 1.29 is 14.6 Å². The van der Waals surface area contributed by atoms with E-state index in [1.807, 2.05) is 0 Å². The molecule has 1 saturated heterocycles. The molecule has 0 bridgehead atoms. The molecule has 5 rings (SSSR count). The minimum Gasteiger partial charge on any atom is -0.394 e. The zero-order valence-electron chi connectivity index (χ0n) is 14.7. The molecule has 2 fully saturated rings. The fourth-order valence-electron chi connectivity index (χ4n) is 4.27. The third-order valence-electron chi connectivity index (χ3n) is 5.93. The smallest absolute Gasteiger partial charge is 0.272 e. The molecule has 27 heavy (non-hydrogen) atoms. The molecule has 2 atom stereocenters. The summed E-state index contributed by atoms with van der Waals surface area (Å²) >= 11 is 3.30. The number of aromatic nitrogens is 4. The summed E-state index contributed by atoms with van der Waals surface area (Å²) in [6, 6.07) is 0. The SMILES string of the molecule is O=C(NC1(CO)CCOCC1)c1nn(-c2cnc(Br)cn2)c2c1C[C@@H]1C[C@H]21. The molecule has 2 aromatic rings. The Morgan fingerprint density at radius 1 is 1.37 bits per heavy atom. The highest BCUT2D eigenvalue weighted by Gasteiger charge is 2.50. The van der Waals surface area contributed by atoms with E-state index in [9.17, 15) is 9.90 Å². The topological polar surface area (TPSA) is 102 Å². The molecule has 0 radical (unpaired) electrons. The van der Waals surface area contributed by atoms with Crippen LogP contribution in [0.25, 0.3) is 5.82 Å². The molecule has 3 heterocycles. The lowest BCUT2D eigenvalue weighted by Crippen LogP contribution is -2.54. The number of fused-ring (bicyclic) bond motifs is 3. The molecule has 9 heteroatoms. The largest absolute Gasteiger partial charge is 0.394 e. The van der Waals surface area contributed by atoms with Crippen LogP contribution in [0.1, 0.15) is 46.9 Å². The van der Waals surface area contributed by atoms with Crippen molar-refractivity contribution >= 4 is 21.8 Å². The van der Waals surface area contributed by atoms with Gasteiger partial charge in [0, 0.05) is 24.7 Å². The molecule has 2 aromatic heterocycles. The van der Waals surface area contributed by atoms with Gasteiger partial charge in [-0.1, -0.05) is 0 Å². The Bertz CT molecular complexity index is 891. The standard InChI is InChI=1S/C18H20BrN5O3/c19-13-7-21-14(8-20-13)24-16-11-5-10(11)6-12(16)15(23-24)17(26)22-18(9-25)1-3-27-4-2-18/h7-8,10-11,25H,1-6,9H2,(H,22,26)/t10-,11-/m0/s1. The van der Waals surface area contributed by atoms with E-state index in [2.05, 4.69) is 36.3 Å². The van der Waals surface area contributed by atoms with Crippen molar-refractivity contribution in [3.63, 3.8) is 0 Å². The maximum absolute atomic E-state index is 13.1. The highest BCUT2D eigenvalue weighted by Crippen LogP contribution is 2.57. The maximum atomic E-state index is 13.1. The predicted molar refractivity (Wildman–Crippen MR) is 98.7 cm³/mol. The first-order chi connectivity index (χ1) is 13.1. The molecule has 2 N–H and O–H groups in total. The van der Waals surface area contributed by atoms with E-state index in [1.54, 1.807) is 17.1 Å². The second-order valence-electron chi connectivity index (χ2n) is 7.63. The molecule has 2 aliphatic carbocycles. The molecule has 0 spiro atoms. The van der Waals surface area contributed by atoms with Gasteiger partial charge in [-0.15, -0.1) is 0 Å². The Hall–Kier alpha value is -1.84. The van der Waals surface area contributed by atoms with E-state index in [0.29, 0.717) is 54.0 Å². The number of hydrogen-bond acceptors (Lipinski definition) is 6. The van der Waals surface area contributed by atoms with Gasteiger partial charge in [-0.3, -0.25) is 4.79 Å². The molecule has 142 valence electrons. The minimum atomic E-state index is -0.634. The van der Waals surface area contributed by atoms with Gasteiger partial charge in [0.2, 0.25) is 0 Å². The van der Waals surface area contributed by atoms with Crippen LogP contribution in [0.3, 0.4) is 0 Å². The average Bonchev–Trinajstić information content (AvgIpc) is 3.19. The van der Waals surface area contributed by atoms with Gasteiger partial charge in [0.1, 0.15) is 4.60 Å². The first-order valence-corrected chi connectivity index (χ1v) is 10.0. The van der Waals surface area contributed by atoms with E-state index >= 15 is 0 Å². The highest BCUT2D eigenvalue weighted by atomic mass is 79.9. The first kappa shape index (κ1) is 17.3. The first-order valence-electron chi connectivity index (χ1n) is 9.21. The Balaban J connectivity index is 1.50. The predicted octanol–water partition coefficient (Wildman–Crippen LogP) is 1.36. The summed E-state index contributed by atoms with van der Waals surface area (Å²) in [5.74, 6) is 1.44. The molecule has 1 saturated carbocycles. The number of carbonyl (C=O) groups excluding carboxylic acids is 1. The molecule has 0 unspecified atom stereocenters. The molecule has 3 aliphatic rings. The number of hydrogen-bond donors (Lipinski definition) is 2. The molecular formula is C18H20BrN5O3. The summed E-state index contributed by atoms with van der Waals surface area (Å²) in [5.41, 5.74) is 1.91. The van der Waals surface area contributed by atoms with Gasteiger partial charge in [0.25, 0.3) is 5.91 Å². The van der Waals surface area contributed by atoms with Crippen molar-refractivity contribution in [3.8, 4) is 5.82 Å². The van der Waals surface area contributed by atoms with Crippen molar-refractivity contribution in [1.82, 2.24) is 25.1 Å². The number of carbonyl (C=O) groups is 1. The summed E-state index contributed by atoms with van der Waals surface area (Å²) in [6.07, 6.45) is 6.50. The van der Waals surface area contributed by atoms with Crippen LogP contribution in [0, 0.1) is 5.92 Å². The van der Waals surface area contributed by atoms with Crippen LogP contribution in [0.4, 0.5) is 0 Å². The number of aliphatic hydroxyl groups is 1. The average molecular weight is 434 g/mol. The van der Waals surface area contributed by atoms with E-state index in [-0.39, 0.29) is 12.5 Å². The molecule has 0 aromatic carbocycles. The number of halogens is 1. The zero-order valence-corrected chi connectivity index (χ0v) is 16.3. The van der Waals surface area contributed by atoms with Crippen LogP contribution in [0.2, 0.25) is 0 Å². The monoisotopic (exact) mass is 433 g/mol. The van der Waals surface area contributed by atoms with E-state index in [1.165, 1.54) is 0 Å². The van der Waals surface area contributed by atoms with Crippen molar-refractivity contribution in [2.75, 3.05) is 19.8 Å². The number of amides is 1. The summed E-state index contributed by atoms with van der Waals surface area (Å²) in [7, 11) is 0. The molecule has 1 amide bonds. The summed E-state index contributed by atoms with van der Waals surface area (Å²) in [6.45, 7) is 0.965. The maximum Gasteiger partial charge on any atom is 0.272 e. The van der Waals surface area contributed by atoms with Gasteiger partial charge < -0.3 is 15.2 Å². The minimum absolute atomic E-state index is 0.103. The zero-order chi connectivity index (χ0) is 18.6.